The first-order chi connectivity index (χ1) is 7.60. The molecule has 0 atom stereocenters. The number of nitrogens with two attached hydrogens (primary N) is 1. The molecule has 2 rings (SSSR count). The van der Waals surface area contributed by atoms with Gasteiger partial charge in [0.05, 0.1) is 5.69 Å². The summed E-state index contributed by atoms with van der Waals surface area (Å²) in [6.45, 7) is 6.76. The Morgan fingerprint density at radius 1 is 1.44 bits per heavy atom. The van der Waals surface area contributed by atoms with Crippen molar-refractivity contribution in [2.45, 2.75) is 33.1 Å². The van der Waals surface area contributed by atoms with Gasteiger partial charge in [0.15, 0.2) is 5.82 Å². The molecule has 90 valence electrons. The Labute approximate surface area is 97.4 Å². The highest BCUT2D eigenvalue weighted by atomic mass is 15.4. The largest absolute Gasteiger partial charge is 0.394 e. The van der Waals surface area contributed by atoms with Crippen LogP contribution in [0, 0.1) is 5.41 Å². The summed E-state index contributed by atoms with van der Waals surface area (Å²) in [5, 5.41) is 4.44. The van der Waals surface area contributed by atoms with Crippen LogP contribution in [-0.4, -0.2) is 22.9 Å². The highest BCUT2D eigenvalue weighted by molar-refractivity contribution is 5.62. The quantitative estimate of drug-likeness (QED) is 0.851. The summed E-state index contributed by atoms with van der Waals surface area (Å²) < 4.78 is 1.79. The number of aryl methyl sites for hydroxylation is 1. The van der Waals surface area contributed by atoms with E-state index in [1.54, 1.807) is 4.68 Å². The van der Waals surface area contributed by atoms with Crippen molar-refractivity contribution in [1.82, 2.24) is 9.78 Å². The van der Waals surface area contributed by atoms with Crippen LogP contribution < -0.4 is 10.6 Å². The summed E-state index contributed by atoms with van der Waals surface area (Å²) in [6, 6.07) is 0. The van der Waals surface area contributed by atoms with Gasteiger partial charge in [-0.1, -0.05) is 13.8 Å². The Hall–Kier alpha value is -1.19. The fourth-order valence-corrected chi connectivity index (χ4v) is 2.68. The van der Waals surface area contributed by atoms with Gasteiger partial charge in [0, 0.05) is 26.3 Å². The molecule has 4 heteroatoms. The SMILES string of the molecule is CCC1(CC)CCN(c2nn(C)cc2N)C1. The van der Waals surface area contributed by atoms with Gasteiger partial charge in [0.1, 0.15) is 0 Å². The molecule has 2 N–H and O–H groups in total. The van der Waals surface area contributed by atoms with Crippen LogP contribution in [0.3, 0.4) is 0 Å². The van der Waals surface area contributed by atoms with Crippen LogP contribution in [-0.2, 0) is 7.05 Å². The highest BCUT2D eigenvalue weighted by Crippen LogP contribution is 2.39. The van der Waals surface area contributed by atoms with E-state index in [-0.39, 0.29) is 0 Å². The first kappa shape index (κ1) is 11.3. The van der Waals surface area contributed by atoms with Crippen molar-refractivity contribution >= 4 is 11.5 Å². The number of hydrogen-bond acceptors (Lipinski definition) is 3. The molecule has 0 bridgehead atoms. The predicted octanol–water partition coefficient (Wildman–Crippen LogP) is 2.02. The molecular formula is C12H22N4. The van der Waals surface area contributed by atoms with E-state index in [1.807, 2.05) is 13.2 Å². The second-order valence-electron chi connectivity index (χ2n) is 4.96. The van der Waals surface area contributed by atoms with Crippen molar-refractivity contribution in [2.24, 2.45) is 12.5 Å². The molecule has 0 saturated carbocycles. The van der Waals surface area contributed by atoms with Gasteiger partial charge in [-0.15, -0.1) is 0 Å². The second-order valence-corrected chi connectivity index (χ2v) is 4.96. The third-order valence-electron chi connectivity index (χ3n) is 4.07. The minimum Gasteiger partial charge on any atom is -0.394 e. The van der Waals surface area contributed by atoms with E-state index >= 15 is 0 Å². The molecule has 2 heterocycles. The first-order valence-electron chi connectivity index (χ1n) is 6.14. The molecule has 16 heavy (non-hydrogen) atoms. The Balaban J connectivity index is 2.17. The zero-order valence-corrected chi connectivity index (χ0v) is 10.5. The standard InChI is InChI=1S/C12H22N4/c1-4-12(5-2)6-7-16(9-12)11-10(13)8-15(3)14-11/h8H,4-7,9,13H2,1-3H3. The fraction of sp³-hybridized carbons (Fsp3) is 0.750. The summed E-state index contributed by atoms with van der Waals surface area (Å²) >= 11 is 0. The Bertz CT molecular complexity index is 365. The number of rotatable bonds is 3. The van der Waals surface area contributed by atoms with Gasteiger partial charge in [-0.25, -0.2) is 0 Å². The van der Waals surface area contributed by atoms with Crippen molar-refractivity contribution in [2.75, 3.05) is 23.7 Å². The van der Waals surface area contributed by atoms with Gasteiger partial charge < -0.3 is 10.6 Å². The van der Waals surface area contributed by atoms with Gasteiger partial charge in [-0.2, -0.15) is 5.10 Å². The molecule has 1 saturated heterocycles. The molecule has 0 aromatic carbocycles. The van der Waals surface area contributed by atoms with E-state index in [2.05, 4.69) is 23.8 Å². The molecule has 0 spiro atoms. The smallest absolute Gasteiger partial charge is 0.173 e. The molecular weight excluding hydrogens is 200 g/mol. The minimum absolute atomic E-state index is 0.476. The first-order valence-corrected chi connectivity index (χ1v) is 6.14. The van der Waals surface area contributed by atoms with Crippen molar-refractivity contribution in [3.63, 3.8) is 0 Å². The molecule has 0 unspecified atom stereocenters. The summed E-state index contributed by atoms with van der Waals surface area (Å²) in [4.78, 5) is 2.34. The molecule has 0 amide bonds. The maximum Gasteiger partial charge on any atom is 0.173 e. The molecule has 1 fully saturated rings. The number of nitrogen functional groups attached to an aromatic ring is 1. The topological polar surface area (TPSA) is 47.1 Å². The molecule has 1 aliphatic heterocycles. The molecule has 0 radical (unpaired) electrons. The van der Waals surface area contributed by atoms with Gasteiger partial charge >= 0.3 is 0 Å². The molecule has 1 aliphatic rings. The lowest BCUT2D eigenvalue weighted by Crippen LogP contribution is -2.26. The van der Waals surface area contributed by atoms with E-state index in [4.69, 9.17) is 5.73 Å². The van der Waals surface area contributed by atoms with Gasteiger partial charge in [0.25, 0.3) is 0 Å². The monoisotopic (exact) mass is 222 g/mol. The third-order valence-corrected chi connectivity index (χ3v) is 4.07. The zero-order valence-electron chi connectivity index (χ0n) is 10.5. The lowest BCUT2D eigenvalue weighted by molar-refractivity contribution is 0.301. The van der Waals surface area contributed by atoms with E-state index in [0.717, 1.165) is 24.6 Å². The normalized spacial score (nSPS) is 19.3. The van der Waals surface area contributed by atoms with Crippen molar-refractivity contribution in [3.05, 3.63) is 6.20 Å². The predicted molar refractivity (Wildman–Crippen MR) is 67.5 cm³/mol. The molecule has 1 aromatic rings. The number of aromatic nitrogens is 2. The lowest BCUT2D eigenvalue weighted by atomic mass is 9.82. The maximum absolute atomic E-state index is 5.97. The van der Waals surface area contributed by atoms with Gasteiger partial charge in [0.2, 0.25) is 0 Å². The van der Waals surface area contributed by atoms with Crippen LogP contribution in [0.25, 0.3) is 0 Å². The summed E-state index contributed by atoms with van der Waals surface area (Å²) in [6.07, 6.45) is 5.63. The van der Waals surface area contributed by atoms with Crippen LogP contribution in [0.5, 0.6) is 0 Å². The Kier molecular flexibility index (Phi) is 2.82. The lowest BCUT2D eigenvalue weighted by Gasteiger charge is -2.26. The Morgan fingerprint density at radius 2 is 2.12 bits per heavy atom. The van der Waals surface area contributed by atoms with E-state index < -0.39 is 0 Å². The van der Waals surface area contributed by atoms with Crippen LogP contribution in [0.15, 0.2) is 6.20 Å². The fourth-order valence-electron chi connectivity index (χ4n) is 2.68. The van der Waals surface area contributed by atoms with E-state index in [0.29, 0.717) is 5.41 Å². The average Bonchev–Trinajstić information content (AvgIpc) is 2.83. The highest BCUT2D eigenvalue weighted by Gasteiger charge is 2.36. The van der Waals surface area contributed by atoms with Crippen molar-refractivity contribution in [3.8, 4) is 0 Å². The average molecular weight is 222 g/mol. The summed E-state index contributed by atoms with van der Waals surface area (Å²) in [5.74, 6) is 0.964. The van der Waals surface area contributed by atoms with Crippen LogP contribution in [0.1, 0.15) is 33.1 Å². The third kappa shape index (κ3) is 1.77. The van der Waals surface area contributed by atoms with Crippen molar-refractivity contribution in [1.29, 1.82) is 0 Å². The maximum atomic E-state index is 5.97. The Morgan fingerprint density at radius 3 is 2.56 bits per heavy atom. The van der Waals surface area contributed by atoms with Crippen LogP contribution in [0.4, 0.5) is 11.5 Å². The van der Waals surface area contributed by atoms with E-state index in [9.17, 15) is 0 Å². The molecule has 0 aliphatic carbocycles. The molecule has 4 nitrogen and oxygen atoms in total. The minimum atomic E-state index is 0.476. The van der Waals surface area contributed by atoms with Crippen molar-refractivity contribution < 1.29 is 0 Å². The number of nitrogens with zero attached hydrogens (tertiary/aromatic N) is 3. The summed E-state index contributed by atoms with van der Waals surface area (Å²) in [5.41, 5.74) is 7.24. The van der Waals surface area contributed by atoms with Gasteiger partial charge in [-0.05, 0) is 24.7 Å². The molecule has 1 aromatic heterocycles. The van der Waals surface area contributed by atoms with Crippen LogP contribution in [0.2, 0.25) is 0 Å². The summed E-state index contributed by atoms with van der Waals surface area (Å²) in [7, 11) is 1.92. The second kappa shape index (κ2) is 4.00. The number of hydrogen-bond donors (Lipinski definition) is 1. The van der Waals surface area contributed by atoms with Crippen LogP contribution >= 0.6 is 0 Å². The number of anilines is 2. The van der Waals surface area contributed by atoms with Gasteiger partial charge in [-0.3, -0.25) is 4.68 Å². The van der Waals surface area contributed by atoms with E-state index in [1.165, 1.54) is 19.3 Å². The zero-order chi connectivity index (χ0) is 11.8.